The van der Waals surface area contributed by atoms with E-state index in [-0.39, 0.29) is 0 Å². The second-order valence-corrected chi connectivity index (χ2v) is 5.49. The van der Waals surface area contributed by atoms with Gasteiger partial charge in [0.25, 0.3) is 0 Å². The molecule has 23 heavy (non-hydrogen) atoms. The summed E-state index contributed by atoms with van der Waals surface area (Å²) in [4.78, 5) is 2.06. The molecule has 0 spiro atoms. The van der Waals surface area contributed by atoms with Gasteiger partial charge in [0.1, 0.15) is 11.8 Å². The largest absolute Gasteiger partial charge is 0.497 e. The molecule has 0 heterocycles. The SMILES string of the molecule is CC/C(=C(/C#N)c1ccc(OC)cc1)c1ccc(N(C)C)cc1. The number of methoxy groups -OCH3 is 1. The van der Waals surface area contributed by atoms with Crippen molar-refractivity contribution in [3.05, 3.63) is 59.7 Å². The smallest absolute Gasteiger partial charge is 0.118 e. The number of hydrogen-bond acceptors (Lipinski definition) is 3. The van der Waals surface area contributed by atoms with Crippen LogP contribution in [0.3, 0.4) is 0 Å². The maximum absolute atomic E-state index is 9.66. The second-order valence-electron chi connectivity index (χ2n) is 5.49. The van der Waals surface area contributed by atoms with Gasteiger partial charge in [-0.1, -0.05) is 19.1 Å². The van der Waals surface area contributed by atoms with Crippen molar-refractivity contribution in [2.75, 3.05) is 26.1 Å². The molecule has 2 aromatic carbocycles. The monoisotopic (exact) mass is 306 g/mol. The van der Waals surface area contributed by atoms with E-state index in [0.29, 0.717) is 5.57 Å². The van der Waals surface area contributed by atoms with Crippen molar-refractivity contribution in [2.24, 2.45) is 0 Å². The molecule has 0 fully saturated rings. The van der Waals surface area contributed by atoms with Crippen LogP contribution in [0, 0.1) is 11.3 Å². The van der Waals surface area contributed by atoms with E-state index in [2.05, 4.69) is 42.2 Å². The van der Waals surface area contributed by atoms with Crippen molar-refractivity contribution in [3.8, 4) is 11.8 Å². The van der Waals surface area contributed by atoms with Gasteiger partial charge >= 0.3 is 0 Å². The van der Waals surface area contributed by atoms with Crippen LogP contribution in [0.4, 0.5) is 5.69 Å². The fraction of sp³-hybridized carbons (Fsp3) is 0.250. The van der Waals surface area contributed by atoms with E-state index < -0.39 is 0 Å². The van der Waals surface area contributed by atoms with Crippen molar-refractivity contribution in [1.29, 1.82) is 5.26 Å². The van der Waals surface area contributed by atoms with Gasteiger partial charge in [-0.25, -0.2) is 0 Å². The number of anilines is 1. The third-order valence-corrected chi connectivity index (χ3v) is 3.88. The average Bonchev–Trinajstić information content (AvgIpc) is 2.60. The fourth-order valence-electron chi connectivity index (χ4n) is 2.55. The lowest BCUT2D eigenvalue weighted by molar-refractivity contribution is 0.415. The molecule has 0 aliphatic carbocycles. The lowest BCUT2D eigenvalue weighted by atomic mass is 9.93. The molecular weight excluding hydrogens is 284 g/mol. The van der Waals surface area contributed by atoms with Crippen LogP contribution >= 0.6 is 0 Å². The lowest BCUT2D eigenvalue weighted by Gasteiger charge is -2.14. The summed E-state index contributed by atoms with van der Waals surface area (Å²) >= 11 is 0. The molecule has 0 radical (unpaired) electrons. The van der Waals surface area contributed by atoms with Crippen molar-refractivity contribution in [3.63, 3.8) is 0 Å². The third-order valence-electron chi connectivity index (χ3n) is 3.88. The van der Waals surface area contributed by atoms with Gasteiger partial charge in [-0.15, -0.1) is 0 Å². The van der Waals surface area contributed by atoms with Crippen molar-refractivity contribution in [2.45, 2.75) is 13.3 Å². The lowest BCUT2D eigenvalue weighted by Crippen LogP contribution is -2.08. The number of rotatable bonds is 5. The highest BCUT2D eigenvalue weighted by Gasteiger charge is 2.10. The molecule has 2 rings (SSSR count). The summed E-state index contributed by atoms with van der Waals surface area (Å²) in [6.07, 6.45) is 0.802. The van der Waals surface area contributed by atoms with E-state index >= 15 is 0 Å². The van der Waals surface area contributed by atoms with Crippen molar-refractivity contribution < 1.29 is 4.74 Å². The van der Waals surface area contributed by atoms with Crippen LogP contribution in [0.1, 0.15) is 24.5 Å². The first kappa shape index (κ1) is 16.6. The van der Waals surface area contributed by atoms with Gasteiger partial charge in [-0.3, -0.25) is 0 Å². The fourth-order valence-corrected chi connectivity index (χ4v) is 2.55. The first-order valence-electron chi connectivity index (χ1n) is 7.66. The Labute approximate surface area is 138 Å². The molecule has 0 unspecified atom stereocenters. The van der Waals surface area contributed by atoms with Gasteiger partial charge < -0.3 is 9.64 Å². The summed E-state index contributed by atoms with van der Waals surface area (Å²) in [7, 11) is 5.67. The summed E-state index contributed by atoms with van der Waals surface area (Å²) in [5.41, 5.74) is 4.93. The van der Waals surface area contributed by atoms with E-state index in [9.17, 15) is 5.26 Å². The van der Waals surface area contributed by atoms with Crippen LogP contribution in [0.15, 0.2) is 48.5 Å². The summed E-state index contributed by atoms with van der Waals surface area (Å²) in [5.74, 6) is 0.791. The van der Waals surface area contributed by atoms with Crippen LogP contribution in [0.5, 0.6) is 5.75 Å². The Morgan fingerprint density at radius 2 is 1.57 bits per heavy atom. The zero-order valence-electron chi connectivity index (χ0n) is 14.1. The number of nitriles is 1. The Balaban J connectivity index is 2.48. The summed E-state index contributed by atoms with van der Waals surface area (Å²) in [5, 5.41) is 9.66. The molecule has 0 bridgehead atoms. The maximum Gasteiger partial charge on any atom is 0.118 e. The molecule has 0 aromatic heterocycles. The Kier molecular flexibility index (Phi) is 5.43. The molecule has 3 heteroatoms. The van der Waals surface area contributed by atoms with Gasteiger partial charge in [-0.05, 0) is 59.5 Å². The predicted molar refractivity (Wildman–Crippen MR) is 96.5 cm³/mol. The minimum atomic E-state index is 0.716. The highest BCUT2D eigenvalue weighted by atomic mass is 16.5. The highest BCUT2D eigenvalue weighted by molar-refractivity contribution is 5.97. The normalized spacial score (nSPS) is 11.4. The molecule has 0 amide bonds. The summed E-state index contributed by atoms with van der Waals surface area (Å²) < 4.78 is 5.19. The molecule has 0 aliphatic rings. The van der Waals surface area contributed by atoms with E-state index in [1.165, 1.54) is 0 Å². The standard InChI is InChI=1S/C20H22N2O/c1-5-19(15-6-10-17(11-7-15)22(2)3)20(14-21)16-8-12-18(23-4)13-9-16/h6-13H,5H2,1-4H3/b20-19+. The molecule has 0 atom stereocenters. The van der Waals surface area contributed by atoms with Crippen LogP contribution < -0.4 is 9.64 Å². The Morgan fingerprint density at radius 3 is 2.00 bits per heavy atom. The van der Waals surface area contributed by atoms with Gasteiger partial charge in [0.05, 0.1) is 12.7 Å². The van der Waals surface area contributed by atoms with E-state index in [1.54, 1.807) is 7.11 Å². The van der Waals surface area contributed by atoms with Crippen LogP contribution in [0.2, 0.25) is 0 Å². The van der Waals surface area contributed by atoms with Crippen LogP contribution in [-0.2, 0) is 0 Å². The zero-order chi connectivity index (χ0) is 16.8. The van der Waals surface area contributed by atoms with E-state index in [1.807, 2.05) is 38.4 Å². The van der Waals surface area contributed by atoms with Gasteiger partial charge in [-0.2, -0.15) is 5.26 Å². The van der Waals surface area contributed by atoms with Gasteiger partial charge in [0, 0.05) is 19.8 Å². The molecule has 0 saturated heterocycles. The summed E-state index contributed by atoms with van der Waals surface area (Å²) in [6, 6.07) is 18.3. The number of benzene rings is 2. The molecule has 0 N–H and O–H groups in total. The Bertz CT molecular complexity index is 720. The van der Waals surface area contributed by atoms with Gasteiger partial charge in [0.15, 0.2) is 0 Å². The quantitative estimate of drug-likeness (QED) is 0.598. The minimum Gasteiger partial charge on any atom is -0.497 e. The van der Waals surface area contributed by atoms with E-state index in [4.69, 9.17) is 4.74 Å². The third kappa shape index (κ3) is 3.73. The topological polar surface area (TPSA) is 36.3 Å². The predicted octanol–water partition coefficient (Wildman–Crippen LogP) is 4.61. The van der Waals surface area contributed by atoms with Crippen LogP contribution in [0.25, 0.3) is 11.1 Å². The van der Waals surface area contributed by atoms with E-state index in [0.717, 1.165) is 34.6 Å². The first-order valence-corrected chi connectivity index (χ1v) is 7.66. The average molecular weight is 306 g/mol. The second kappa shape index (κ2) is 7.51. The highest BCUT2D eigenvalue weighted by Crippen LogP contribution is 2.30. The van der Waals surface area contributed by atoms with Crippen molar-refractivity contribution in [1.82, 2.24) is 0 Å². The number of ether oxygens (including phenoxy) is 1. The molecule has 2 aromatic rings. The molecule has 118 valence electrons. The first-order chi connectivity index (χ1) is 11.1. The van der Waals surface area contributed by atoms with Gasteiger partial charge in [0.2, 0.25) is 0 Å². The Morgan fingerprint density at radius 1 is 1.00 bits per heavy atom. The van der Waals surface area contributed by atoms with Crippen molar-refractivity contribution >= 4 is 16.8 Å². The number of nitrogens with zero attached hydrogens (tertiary/aromatic N) is 2. The zero-order valence-corrected chi connectivity index (χ0v) is 14.1. The molecule has 0 aliphatic heterocycles. The molecule has 0 saturated carbocycles. The number of hydrogen-bond donors (Lipinski definition) is 0. The maximum atomic E-state index is 9.66. The Hall–Kier alpha value is -2.73. The number of allylic oxidation sites excluding steroid dienone is 2. The van der Waals surface area contributed by atoms with Crippen LogP contribution in [-0.4, -0.2) is 21.2 Å². The minimum absolute atomic E-state index is 0.716. The molecular formula is C20H22N2O. The molecule has 3 nitrogen and oxygen atoms in total. The summed E-state index contributed by atoms with van der Waals surface area (Å²) in [6.45, 7) is 2.08.